The van der Waals surface area contributed by atoms with E-state index >= 15 is 0 Å². The fourth-order valence-electron chi connectivity index (χ4n) is 2.11. The molecule has 0 spiro atoms. The molecule has 2 heterocycles. The highest BCUT2D eigenvalue weighted by Crippen LogP contribution is 2.26. The van der Waals surface area contributed by atoms with E-state index in [-0.39, 0.29) is 11.8 Å². The average Bonchev–Trinajstić information content (AvgIpc) is 2.58. The van der Waals surface area contributed by atoms with E-state index in [0.717, 1.165) is 23.6 Å². The summed E-state index contributed by atoms with van der Waals surface area (Å²) in [6, 6.07) is 3.91. The molecule has 0 radical (unpaired) electrons. The molecule has 1 aromatic heterocycles. The molecule has 1 aliphatic rings. The van der Waals surface area contributed by atoms with Crippen LogP contribution in [0.15, 0.2) is 24.8 Å². The molecule has 1 fully saturated rings. The molecule has 1 unspecified atom stereocenters. The summed E-state index contributed by atoms with van der Waals surface area (Å²) in [5.41, 5.74) is 2.86. The third-order valence-electron chi connectivity index (χ3n) is 2.87. The van der Waals surface area contributed by atoms with Gasteiger partial charge >= 0.3 is 0 Å². The molecule has 1 atom stereocenters. The second-order valence-corrected chi connectivity index (χ2v) is 4.31. The van der Waals surface area contributed by atoms with Crippen LogP contribution < -0.4 is 4.90 Å². The lowest BCUT2D eigenvalue weighted by atomic mass is 10.1. The Labute approximate surface area is 95.8 Å². The molecule has 1 saturated heterocycles. The fourth-order valence-corrected chi connectivity index (χ4v) is 2.11. The summed E-state index contributed by atoms with van der Waals surface area (Å²) < 4.78 is 0. The van der Waals surface area contributed by atoms with Crippen molar-refractivity contribution in [2.24, 2.45) is 5.92 Å². The molecule has 3 heteroatoms. The average molecular weight is 216 g/mol. The number of pyridine rings is 1. The molecular formula is C13H16N2O. The second kappa shape index (κ2) is 4.08. The minimum Gasteiger partial charge on any atom is -0.312 e. The molecule has 0 aliphatic carbocycles. The van der Waals surface area contributed by atoms with Gasteiger partial charge in [0.15, 0.2) is 0 Å². The van der Waals surface area contributed by atoms with Gasteiger partial charge in [0.1, 0.15) is 0 Å². The SMILES string of the molecule is C=CC1CC(=O)N(c2cc(C)nc(C)c2)C1. The molecule has 2 rings (SSSR count). The van der Waals surface area contributed by atoms with E-state index in [2.05, 4.69) is 11.6 Å². The smallest absolute Gasteiger partial charge is 0.227 e. The van der Waals surface area contributed by atoms with Crippen molar-refractivity contribution in [1.82, 2.24) is 4.98 Å². The van der Waals surface area contributed by atoms with Crippen molar-refractivity contribution in [2.45, 2.75) is 20.3 Å². The number of aromatic nitrogens is 1. The van der Waals surface area contributed by atoms with Crippen LogP contribution in [0.2, 0.25) is 0 Å². The number of carbonyl (C=O) groups is 1. The third-order valence-corrected chi connectivity index (χ3v) is 2.87. The van der Waals surface area contributed by atoms with Gasteiger partial charge in [-0.25, -0.2) is 0 Å². The van der Waals surface area contributed by atoms with E-state index in [0.29, 0.717) is 6.42 Å². The Morgan fingerprint density at radius 3 is 2.56 bits per heavy atom. The van der Waals surface area contributed by atoms with Gasteiger partial charge in [0, 0.05) is 36.0 Å². The lowest BCUT2D eigenvalue weighted by Crippen LogP contribution is -2.24. The summed E-state index contributed by atoms with van der Waals surface area (Å²) in [5, 5.41) is 0. The van der Waals surface area contributed by atoms with Gasteiger partial charge in [-0.05, 0) is 26.0 Å². The van der Waals surface area contributed by atoms with Crippen molar-refractivity contribution in [3.63, 3.8) is 0 Å². The van der Waals surface area contributed by atoms with Crippen LogP contribution in [0.5, 0.6) is 0 Å². The van der Waals surface area contributed by atoms with Crippen LogP contribution in [0, 0.1) is 19.8 Å². The van der Waals surface area contributed by atoms with Gasteiger partial charge in [-0.3, -0.25) is 9.78 Å². The number of carbonyl (C=O) groups excluding carboxylic acids is 1. The first-order valence-electron chi connectivity index (χ1n) is 5.48. The first kappa shape index (κ1) is 10.9. The van der Waals surface area contributed by atoms with Gasteiger partial charge < -0.3 is 4.90 Å². The van der Waals surface area contributed by atoms with E-state index in [1.165, 1.54) is 0 Å². The third kappa shape index (κ3) is 1.98. The van der Waals surface area contributed by atoms with Crippen molar-refractivity contribution in [3.05, 3.63) is 36.2 Å². The Hall–Kier alpha value is -1.64. The molecule has 84 valence electrons. The fraction of sp³-hybridized carbons (Fsp3) is 0.385. The molecule has 0 saturated carbocycles. The maximum atomic E-state index is 11.8. The zero-order valence-electron chi connectivity index (χ0n) is 9.73. The number of amides is 1. The van der Waals surface area contributed by atoms with E-state index in [1.807, 2.05) is 37.0 Å². The van der Waals surface area contributed by atoms with Crippen molar-refractivity contribution < 1.29 is 4.79 Å². The van der Waals surface area contributed by atoms with Crippen molar-refractivity contribution in [1.29, 1.82) is 0 Å². The monoisotopic (exact) mass is 216 g/mol. The van der Waals surface area contributed by atoms with Crippen LogP contribution in [0.3, 0.4) is 0 Å². The molecule has 1 amide bonds. The number of hydrogen-bond donors (Lipinski definition) is 0. The Bertz CT molecular complexity index is 419. The Morgan fingerprint density at radius 1 is 1.44 bits per heavy atom. The zero-order valence-corrected chi connectivity index (χ0v) is 9.73. The van der Waals surface area contributed by atoms with E-state index in [1.54, 1.807) is 0 Å². The quantitative estimate of drug-likeness (QED) is 0.710. The minimum atomic E-state index is 0.176. The predicted molar refractivity (Wildman–Crippen MR) is 64.4 cm³/mol. The van der Waals surface area contributed by atoms with Crippen LogP contribution >= 0.6 is 0 Å². The topological polar surface area (TPSA) is 33.2 Å². The number of aryl methyl sites for hydroxylation is 2. The van der Waals surface area contributed by atoms with Crippen LogP contribution in [-0.2, 0) is 4.79 Å². The lowest BCUT2D eigenvalue weighted by Gasteiger charge is -2.17. The summed E-state index contributed by atoms with van der Waals surface area (Å²) in [4.78, 5) is 18.0. The molecule has 0 N–H and O–H groups in total. The van der Waals surface area contributed by atoms with Crippen molar-refractivity contribution in [2.75, 3.05) is 11.4 Å². The Kier molecular flexibility index (Phi) is 2.77. The lowest BCUT2D eigenvalue weighted by molar-refractivity contribution is -0.117. The highest BCUT2D eigenvalue weighted by Gasteiger charge is 2.28. The summed E-state index contributed by atoms with van der Waals surface area (Å²) >= 11 is 0. The van der Waals surface area contributed by atoms with Gasteiger partial charge in [-0.2, -0.15) is 0 Å². The molecule has 1 aliphatic heterocycles. The summed E-state index contributed by atoms with van der Waals surface area (Å²) in [5.74, 6) is 0.455. The first-order chi connectivity index (χ1) is 7.60. The maximum absolute atomic E-state index is 11.8. The molecule has 0 aromatic carbocycles. The molecule has 16 heavy (non-hydrogen) atoms. The summed E-state index contributed by atoms with van der Waals surface area (Å²) in [6.45, 7) is 8.38. The highest BCUT2D eigenvalue weighted by atomic mass is 16.2. The number of nitrogens with zero attached hydrogens (tertiary/aromatic N) is 2. The molecule has 3 nitrogen and oxygen atoms in total. The molecule has 1 aromatic rings. The van der Waals surface area contributed by atoms with Crippen LogP contribution in [0.1, 0.15) is 17.8 Å². The second-order valence-electron chi connectivity index (χ2n) is 4.31. The Balaban J connectivity index is 2.30. The molecular weight excluding hydrogens is 200 g/mol. The van der Waals surface area contributed by atoms with Crippen molar-refractivity contribution in [3.8, 4) is 0 Å². The standard InChI is InChI=1S/C13H16N2O/c1-4-11-7-13(16)15(8-11)12-5-9(2)14-10(3)6-12/h4-6,11H,1,7-8H2,2-3H3. The normalized spacial score (nSPS) is 20.2. The number of hydrogen-bond acceptors (Lipinski definition) is 2. The van der Waals surface area contributed by atoms with Gasteiger partial charge in [-0.15, -0.1) is 6.58 Å². The van der Waals surface area contributed by atoms with E-state index in [9.17, 15) is 4.79 Å². The number of rotatable bonds is 2. The number of anilines is 1. The van der Waals surface area contributed by atoms with Crippen LogP contribution in [-0.4, -0.2) is 17.4 Å². The zero-order chi connectivity index (χ0) is 11.7. The Morgan fingerprint density at radius 2 is 2.06 bits per heavy atom. The minimum absolute atomic E-state index is 0.176. The largest absolute Gasteiger partial charge is 0.312 e. The first-order valence-corrected chi connectivity index (χ1v) is 5.48. The van der Waals surface area contributed by atoms with Gasteiger partial charge in [0.2, 0.25) is 5.91 Å². The summed E-state index contributed by atoms with van der Waals surface area (Å²) in [7, 11) is 0. The maximum Gasteiger partial charge on any atom is 0.227 e. The predicted octanol–water partition coefficient (Wildman–Crippen LogP) is 2.24. The van der Waals surface area contributed by atoms with Crippen molar-refractivity contribution >= 4 is 11.6 Å². The van der Waals surface area contributed by atoms with E-state index in [4.69, 9.17) is 0 Å². The van der Waals surface area contributed by atoms with Crippen LogP contribution in [0.25, 0.3) is 0 Å². The van der Waals surface area contributed by atoms with Crippen LogP contribution in [0.4, 0.5) is 5.69 Å². The van der Waals surface area contributed by atoms with Gasteiger partial charge in [-0.1, -0.05) is 6.08 Å². The summed E-state index contributed by atoms with van der Waals surface area (Å²) in [6.07, 6.45) is 2.43. The molecule has 0 bridgehead atoms. The highest BCUT2D eigenvalue weighted by molar-refractivity contribution is 5.96. The van der Waals surface area contributed by atoms with Gasteiger partial charge in [0.05, 0.1) is 0 Å². The van der Waals surface area contributed by atoms with E-state index < -0.39 is 0 Å². The van der Waals surface area contributed by atoms with Gasteiger partial charge in [0.25, 0.3) is 0 Å².